The Bertz CT molecular complexity index is 1120. The van der Waals surface area contributed by atoms with Crippen LogP contribution in [0.1, 0.15) is 10.4 Å². The Morgan fingerprint density at radius 1 is 0.581 bits per heavy atom. The van der Waals surface area contributed by atoms with Crippen molar-refractivity contribution >= 4 is 40.4 Å². The predicted molar refractivity (Wildman–Crippen MR) is 130 cm³/mol. The van der Waals surface area contributed by atoms with E-state index in [0.717, 1.165) is 22.2 Å². The van der Waals surface area contributed by atoms with E-state index in [9.17, 15) is 9.59 Å². The Hall–Kier alpha value is -3.68. The van der Waals surface area contributed by atoms with E-state index in [1.165, 1.54) is 0 Å². The highest BCUT2D eigenvalue weighted by molar-refractivity contribution is 7.96. The molecule has 0 aromatic heterocycles. The Balaban J connectivity index is 2.07. The van der Waals surface area contributed by atoms with Gasteiger partial charge < -0.3 is 5.32 Å². The molecule has 0 aliphatic carbocycles. The molecule has 0 saturated heterocycles. The van der Waals surface area contributed by atoms with Gasteiger partial charge in [-0.3, -0.25) is 9.59 Å². The normalized spacial score (nSPS) is 10.8. The van der Waals surface area contributed by atoms with E-state index in [1.807, 2.05) is 109 Å². The summed E-state index contributed by atoms with van der Waals surface area (Å²) in [6, 6.07) is 38.8. The minimum Gasteiger partial charge on any atom is -0.318 e. The molecule has 152 valence electrons. The first-order valence-corrected chi connectivity index (χ1v) is 11.8. The highest BCUT2D eigenvalue weighted by atomic mass is 31.2. The molecular formula is C27H22NO2P. The quantitative estimate of drug-likeness (QED) is 0.379. The molecular weight excluding hydrogens is 401 g/mol. The van der Waals surface area contributed by atoms with Crippen LogP contribution in [0.4, 0.5) is 0 Å². The van der Waals surface area contributed by atoms with Crippen molar-refractivity contribution in [2.45, 2.75) is 0 Å². The summed E-state index contributed by atoms with van der Waals surface area (Å²) in [5.74, 6) is -0.296. The van der Waals surface area contributed by atoms with Gasteiger partial charge in [0, 0.05) is 12.4 Å². The van der Waals surface area contributed by atoms with Crippen molar-refractivity contribution < 1.29 is 9.59 Å². The molecule has 0 radical (unpaired) electrons. The number of rotatable bonds is 6. The van der Waals surface area contributed by atoms with E-state index in [1.54, 1.807) is 12.1 Å². The summed E-state index contributed by atoms with van der Waals surface area (Å²) in [7, 11) is 0. The molecule has 0 aliphatic rings. The Morgan fingerprint density at radius 3 is 1.29 bits per heavy atom. The number of nitrogens with one attached hydrogen (secondary N) is 1. The molecule has 0 spiro atoms. The van der Waals surface area contributed by atoms with Gasteiger partial charge in [0.1, 0.15) is 0 Å². The van der Waals surface area contributed by atoms with Crippen molar-refractivity contribution in [3.8, 4) is 0 Å². The minimum atomic E-state index is -2.62. The molecule has 3 nitrogen and oxygen atoms in total. The SMILES string of the molecule is O=CC(NC(=O)c1ccccc1)=P(c1ccccc1)(c1ccccc1)c1ccccc1. The fraction of sp³-hybridized carbons (Fsp3) is 0. The Labute approximate surface area is 182 Å². The van der Waals surface area contributed by atoms with E-state index < -0.39 is 6.89 Å². The fourth-order valence-corrected chi connectivity index (χ4v) is 7.80. The van der Waals surface area contributed by atoms with Crippen molar-refractivity contribution in [1.29, 1.82) is 0 Å². The third-order valence-corrected chi connectivity index (χ3v) is 9.34. The second-order valence-electron chi connectivity index (χ2n) is 7.00. The highest BCUT2D eigenvalue weighted by Crippen LogP contribution is 2.45. The van der Waals surface area contributed by atoms with Crippen LogP contribution < -0.4 is 21.2 Å². The number of amides is 1. The van der Waals surface area contributed by atoms with Gasteiger partial charge in [0.05, 0.1) is 5.42 Å². The van der Waals surface area contributed by atoms with Crippen LogP contribution in [0.3, 0.4) is 0 Å². The van der Waals surface area contributed by atoms with Crippen LogP contribution in [0.15, 0.2) is 121 Å². The van der Waals surface area contributed by atoms with E-state index >= 15 is 0 Å². The molecule has 31 heavy (non-hydrogen) atoms. The molecule has 4 aromatic carbocycles. The van der Waals surface area contributed by atoms with Gasteiger partial charge in [-0.1, -0.05) is 109 Å². The largest absolute Gasteiger partial charge is 0.318 e. The first-order valence-electron chi connectivity index (χ1n) is 10.0. The average Bonchev–Trinajstić information content (AvgIpc) is 2.86. The number of carbonyl (C=O) groups is 2. The van der Waals surface area contributed by atoms with Crippen LogP contribution in [0, 0.1) is 0 Å². The van der Waals surface area contributed by atoms with E-state index in [4.69, 9.17) is 0 Å². The fourth-order valence-electron chi connectivity index (χ4n) is 3.79. The van der Waals surface area contributed by atoms with Gasteiger partial charge in [-0.25, -0.2) is 0 Å². The second-order valence-corrected chi connectivity index (χ2v) is 10.4. The molecule has 1 amide bonds. The molecule has 0 fully saturated rings. The Kier molecular flexibility index (Phi) is 6.26. The van der Waals surface area contributed by atoms with Gasteiger partial charge in [-0.15, -0.1) is 0 Å². The maximum absolute atomic E-state index is 13.1. The summed E-state index contributed by atoms with van der Waals surface area (Å²) < 4.78 is 0. The smallest absolute Gasteiger partial charge is 0.255 e. The molecule has 0 aliphatic heterocycles. The molecule has 0 heterocycles. The highest BCUT2D eigenvalue weighted by Gasteiger charge is 2.30. The zero-order valence-corrected chi connectivity index (χ0v) is 17.8. The Morgan fingerprint density at radius 2 is 0.935 bits per heavy atom. The second kappa shape index (κ2) is 9.42. The molecule has 1 N–H and O–H groups in total. The maximum atomic E-state index is 13.1. The number of hydrogen-bond donors (Lipinski definition) is 1. The molecule has 4 aromatic rings. The van der Waals surface area contributed by atoms with Crippen molar-refractivity contribution in [1.82, 2.24) is 5.32 Å². The zero-order valence-electron chi connectivity index (χ0n) is 16.9. The van der Waals surface area contributed by atoms with Crippen molar-refractivity contribution in [3.05, 3.63) is 127 Å². The van der Waals surface area contributed by atoms with Crippen molar-refractivity contribution in [2.75, 3.05) is 0 Å². The van der Waals surface area contributed by atoms with Gasteiger partial charge in [-0.2, -0.15) is 0 Å². The summed E-state index contributed by atoms with van der Waals surface area (Å²) in [6.07, 6.45) is 0.807. The lowest BCUT2D eigenvalue weighted by Gasteiger charge is -2.31. The van der Waals surface area contributed by atoms with E-state index in [2.05, 4.69) is 5.32 Å². The lowest BCUT2D eigenvalue weighted by atomic mass is 10.2. The van der Waals surface area contributed by atoms with Gasteiger partial charge in [0.2, 0.25) is 0 Å². The summed E-state index contributed by atoms with van der Waals surface area (Å²) in [6.45, 7) is -2.62. The predicted octanol–water partition coefficient (Wildman–Crippen LogP) is 3.74. The van der Waals surface area contributed by atoms with E-state index in [-0.39, 0.29) is 5.91 Å². The number of carbonyl (C=O) groups excluding carboxylic acids is 2. The number of benzene rings is 4. The number of hydrogen-bond acceptors (Lipinski definition) is 2. The van der Waals surface area contributed by atoms with Crippen LogP contribution in [0.5, 0.6) is 0 Å². The molecule has 0 unspecified atom stereocenters. The third kappa shape index (κ3) is 4.01. The lowest BCUT2D eigenvalue weighted by molar-refractivity contribution is -0.102. The van der Waals surface area contributed by atoms with E-state index in [0.29, 0.717) is 11.0 Å². The average molecular weight is 423 g/mol. The van der Waals surface area contributed by atoms with Crippen LogP contribution in [-0.4, -0.2) is 17.6 Å². The van der Waals surface area contributed by atoms with Gasteiger partial charge in [0.25, 0.3) is 5.91 Å². The zero-order chi connectivity index (χ0) is 21.5. The first kappa shape index (κ1) is 20.6. The number of aldehydes is 1. The standard InChI is InChI=1S/C27H22NO2P/c29-21-26(28-27(30)22-13-5-1-6-14-22)31(23-15-7-2-8-16-23,24-17-9-3-10-18-24)25-19-11-4-12-20-25/h1-21H,(H,28,30). The molecule has 4 rings (SSSR count). The van der Waals surface area contributed by atoms with Crippen molar-refractivity contribution in [2.24, 2.45) is 0 Å². The monoisotopic (exact) mass is 423 g/mol. The van der Waals surface area contributed by atoms with Crippen LogP contribution >= 0.6 is 6.89 Å². The molecule has 0 atom stereocenters. The molecule has 0 saturated carbocycles. The third-order valence-electron chi connectivity index (χ3n) is 5.18. The summed E-state index contributed by atoms with van der Waals surface area (Å²) in [4.78, 5) is 25.7. The van der Waals surface area contributed by atoms with Gasteiger partial charge in [0.15, 0.2) is 6.29 Å². The van der Waals surface area contributed by atoms with Crippen LogP contribution in [0.25, 0.3) is 0 Å². The summed E-state index contributed by atoms with van der Waals surface area (Å²) in [5.41, 5.74) is 0.888. The molecule has 0 bridgehead atoms. The first-order chi connectivity index (χ1) is 15.3. The topological polar surface area (TPSA) is 46.2 Å². The minimum absolute atomic E-state index is 0.296. The van der Waals surface area contributed by atoms with Crippen LogP contribution in [0.2, 0.25) is 0 Å². The maximum Gasteiger partial charge on any atom is 0.255 e. The summed E-state index contributed by atoms with van der Waals surface area (Å²) in [5, 5.41) is 5.99. The van der Waals surface area contributed by atoms with Gasteiger partial charge >= 0.3 is 0 Å². The molecule has 4 heteroatoms. The summed E-state index contributed by atoms with van der Waals surface area (Å²) >= 11 is 0. The lowest BCUT2D eigenvalue weighted by Crippen LogP contribution is -2.40. The van der Waals surface area contributed by atoms with Crippen LogP contribution in [-0.2, 0) is 4.79 Å². The van der Waals surface area contributed by atoms with Gasteiger partial charge in [-0.05, 0) is 28.0 Å². The van der Waals surface area contributed by atoms with Crippen molar-refractivity contribution in [3.63, 3.8) is 0 Å².